The van der Waals surface area contributed by atoms with Gasteiger partial charge in [-0.2, -0.15) is 10.2 Å². The van der Waals surface area contributed by atoms with Crippen molar-refractivity contribution in [2.75, 3.05) is 31.1 Å². The Kier molecular flexibility index (Phi) is 6.46. The normalized spacial score (nSPS) is 13.5. The topological polar surface area (TPSA) is 95.7 Å². The van der Waals surface area contributed by atoms with Crippen molar-refractivity contribution in [2.45, 2.75) is 20.5 Å². The third-order valence-electron chi connectivity index (χ3n) is 6.18. The predicted molar refractivity (Wildman–Crippen MR) is 134 cm³/mol. The van der Waals surface area contributed by atoms with Gasteiger partial charge in [0.15, 0.2) is 5.76 Å². The molecule has 2 aromatic carbocycles. The molecule has 8 heteroatoms. The smallest absolute Gasteiger partial charge is 0.266 e. The zero-order chi connectivity index (χ0) is 25.1. The Balaban J connectivity index is 1.25. The molecule has 4 aromatic rings. The van der Waals surface area contributed by atoms with E-state index in [1.807, 2.05) is 78.2 Å². The molecule has 8 nitrogen and oxygen atoms in total. The number of oxazole rings is 1. The van der Waals surface area contributed by atoms with Crippen molar-refractivity contribution in [3.05, 3.63) is 88.8 Å². The average molecular weight is 483 g/mol. The van der Waals surface area contributed by atoms with Gasteiger partial charge in [-0.25, -0.2) is 0 Å². The van der Waals surface area contributed by atoms with Crippen LogP contribution in [0.3, 0.4) is 0 Å². The Labute approximate surface area is 209 Å². The number of benzene rings is 2. The van der Waals surface area contributed by atoms with E-state index in [2.05, 4.69) is 11.1 Å². The monoisotopic (exact) mass is 482 g/mol. The minimum Gasteiger partial charge on any atom is -0.485 e. The molecule has 0 atom stereocenters. The summed E-state index contributed by atoms with van der Waals surface area (Å²) in [6.07, 6.45) is 0. The lowest BCUT2D eigenvalue weighted by molar-refractivity contribution is 0.0745. The van der Waals surface area contributed by atoms with Crippen LogP contribution < -0.4 is 9.64 Å². The van der Waals surface area contributed by atoms with Gasteiger partial charge in [0.05, 0.1) is 0 Å². The first-order valence-corrected chi connectivity index (χ1v) is 11.8. The highest BCUT2D eigenvalue weighted by atomic mass is 16.5. The van der Waals surface area contributed by atoms with Gasteiger partial charge in [0.2, 0.25) is 11.6 Å². The van der Waals surface area contributed by atoms with E-state index in [-0.39, 0.29) is 24.1 Å². The minimum atomic E-state index is 0.000191. The molecular formula is C28H26N4O4. The fraction of sp³-hybridized carbons (Fsp3) is 0.250. The van der Waals surface area contributed by atoms with E-state index in [0.717, 1.165) is 16.9 Å². The van der Waals surface area contributed by atoms with E-state index in [0.29, 0.717) is 49.1 Å². The maximum absolute atomic E-state index is 12.7. The molecule has 1 saturated heterocycles. The number of aromatic nitrogens is 1. The quantitative estimate of drug-likeness (QED) is 0.383. The average Bonchev–Trinajstić information content (AvgIpc) is 3.56. The number of hydrogen-bond donors (Lipinski definition) is 0. The molecule has 1 amide bonds. The highest BCUT2D eigenvalue weighted by Crippen LogP contribution is 2.30. The van der Waals surface area contributed by atoms with Crippen molar-refractivity contribution in [2.24, 2.45) is 0 Å². The Hall–Kier alpha value is -4.51. The second-order valence-electron chi connectivity index (χ2n) is 8.75. The van der Waals surface area contributed by atoms with Crippen molar-refractivity contribution in [1.29, 1.82) is 5.26 Å². The van der Waals surface area contributed by atoms with Crippen LogP contribution in [0.4, 0.5) is 5.88 Å². The molecule has 0 unspecified atom stereocenters. The number of piperazine rings is 1. The third-order valence-corrected chi connectivity index (χ3v) is 6.18. The Morgan fingerprint density at radius 1 is 1.03 bits per heavy atom. The summed E-state index contributed by atoms with van der Waals surface area (Å²) < 4.78 is 17.8. The summed E-state index contributed by atoms with van der Waals surface area (Å²) in [4.78, 5) is 20.8. The van der Waals surface area contributed by atoms with Gasteiger partial charge in [0, 0.05) is 31.7 Å². The third kappa shape index (κ3) is 4.82. The van der Waals surface area contributed by atoms with Crippen LogP contribution in [0.2, 0.25) is 0 Å². The van der Waals surface area contributed by atoms with Gasteiger partial charge < -0.3 is 23.4 Å². The van der Waals surface area contributed by atoms with Gasteiger partial charge >= 0.3 is 0 Å². The zero-order valence-electron chi connectivity index (χ0n) is 20.2. The van der Waals surface area contributed by atoms with Crippen LogP contribution in [0.15, 0.2) is 69.5 Å². The first-order chi connectivity index (χ1) is 17.5. The molecule has 5 rings (SSSR count). The molecule has 0 N–H and O–H groups in total. The number of aryl methyl sites for hydroxylation is 2. The number of carbonyl (C=O) groups excluding carboxylic acids is 1. The molecule has 36 heavy (non-hydrogen) atoms. The fourth-order valence-corrected chi connectivity index (χ4v) is 4.16. The number of anilines is 1. The first-order valence-electron chi connectivity index (χ1n) is 11.8. The summed E-state index contributed by atoms with van der Waals surface area (Å²) in [5, 5.41) is 9.65. The van der Waals surface area contributed by atoms with Crippen LogP contribution in [-0.2, 0) is 6.61 Å². The summed E-state index contributed by atoms with van der Waals surface area (Å²) in [7, 11) is 0. The Morgan fingerprint density at radius 3 is 2.56 bits per heavy atom. The summed E-state index contributed by atoms with van der Waals surface area (Å²) in [6, 6.07) is 21.0. The van der Waals surface area contributed by atoms with Crippen molar-refractivity contribution in [1.82, 2.24) is 9.88 Å². The number of amides is 1. The molecule has 0 spiro atoms. The van der Waals surface area contributed by atoms with Crippen molar-refractivity contribution in [3.63, 3.8) is 0 Å². The van der Waals surface area contributed by atoms with Gasteiger partial charge in [0.1, 0.15) is 24.2 Å². The van der Waals surface area contributed by atoms with Crippen molar-refractivity contribution < 1.29 is 18.4 Å². The number of rotatable bonds is 6. The molecule has 0 radical (unpaired) electrons. The van der Waals surface area contributed by atoms with Crippen molar-refractivity contribution >= 4 is 11.8 Å². The van der Waals surface area contributed by atoms with Crippen molar-refractivity contribution in [3.8, 4) is 23.5 Å². The number of hydrogen-bond acceptors (Lipinski definition) is 7. The largest absolute Gasteiger partial charge is 0.485 e. The zero-order valence-corrected chi connectivity index (χ0v) is 20.2. The number of nitriles is 1. The maximum atomic E-state index is 12.7. The fourth-order valence-electron chi connectivity index (χ4n) is 4.16. The standard InChI is InChI=1S/C28H26N4O4/c1-19-8-9-20(2)25(16-19)34-18-22-10-11-24(35-22)26-30-23(17-29)28(36-26)32-14-12-31(13-15-32)27(33)21-6-4-3-5-7-21/h3-11,16H,12-15,18H2,1-2H3. The van der Waals surface area contributed by atoms with E-state index in [1.54, 1.807) is 6.07 Å². The predicted octanol–water partition coefficient (Wildman–Crippen LogP) is 4.96. The molecule has 1 aliphatic heterocycles. The number of carbonyl (C=O) groups is 1. The van der Waals surface area contributed by atoms with Crippen LogP contribution in [0.1, 0.15) is 32.9 Å². The van der Waals surface area contributed by atoms with E-state index in [9.17, 15) is 10.1 Å². The van der Waals surface area contributed by atoms with Gasteiger partial charge in [-0.1, -0.05) is 30.3 Å². The van der Waals surface area contributed by atoms with Crippen LogP contribution in [0, 0.1) is 25.2 Å². The van der Waals surface area contributed by atoms with Crippen LogP contribution in [0.5, 0.6) is 5.75 Å². The molecule has 1 aliphatic rings. The highest BCUT2D eigenvalue weighted by Gasteiger charge is 2.27. The molecule has 2 aromatic heterocycles. The number of ether oxygens (including phenoxy) is 1. The maximum Gasteiger partial charge on any atom is 0.266 e. The minimum absolute atomic E-state index is 0.000191. The second-order valence-corrected chi connectivity index (χ2v) is 8.75. The molecule has 0 bridgehead atoms. The first kappa shape index (κ1) is 23.2. The molecule has 0 saturated carbocycles. The second kappa shape index (κ2) is 10.0. The number of furan rings is 1. The van der Waals surface area contributed by atoms with E-state index < -0.39 is 0 Å². The van der Waals surface area contributed by atoms with Gasteiger partial charge in [-0.05, 0) is 55.3 Å². The summed E-state index contributed by atoms with van der Waals surface area (Å²) in [5.74, 6) is 2.49. The van der Waals surface area contributed by atoms with Crippen LogP contribution >= 0.6 is 0 Å². The lowest BCUT2D eigenvalue weighted by atomic mass is 10.1. The van der Waals surface area contributed by atoms with Crippen LogP contribution in [0.25, 0.3) is 11.7 Å². The molecular weight excluding hydrogens is 456 g/mol. The van der Waals surface area contributed by atoms with Crippen LogP contribution in [-0.4, -0.2) is 42.0 Å². The lowest BCUT2D eigenvalue weighted by Gasteiger charge is -2.34. The Morgan fingerprint density at radius 2 is 1.81 bits per heavy atom. The Bertz CT molecular complexity index is 1410. The summed E-state index contributed by atoms with van der Waals surface area (Å²) >= 11 is 0. The lowest BCUT2D eigenvalue weighted by Crippen LogP contribution is -2.48. The van der Waals surface area contributed by atoms with Gasteiger partial charge in [0.25, 0.3) is 11.8 Å². The molecule has 182 valence electrons. The molecule has 3 heterocycles. The SMILES string of the molecule is Cc1ccc(C)c(OCc2ccc(-c3nc(C#N)c(N4CCN(C(=O)c5ccccc5)CC4)o3)o2)c1. The molecule has 0 aliphatic carbocycles. The van der Waals surface area contributed by atoms with E-state index >= 15 is 0 Å². The van der Waals surface area contributed by atoms with E-state index in [4.69, 9.17) is 13.6 Å². The van der Waals surface area contributed by atoms with Gasteiger partial charge in [-0.3, -0.25) is 4.79 Å². The summed E-state index contributed by atoms with van der Waals surface area (Å²) in [5.41, 5.74) is 3.03. The van der Waals surface area contributed by atoms with E-state index in [1.165, 1.54) is 0 Å². The van der Waals surface area contributed by atoms with Gasteiger partial charge in [-0.15, -0.1) is 0 Å². The highest BCUT2D eigenvalue weighted by molar-refractivity contribution is 5.94. The number of nitrogens with zero attached hydrogens (tertiary/aromatic N) is 4. The summed E-state index contributed by atoms with van der Waals surface area (Å²) in [6.45, 7) is 6.40. The molecule has 1 fully saturated rings.